The lowest BCUT2D eigenvalue weighted by atomic mass is 9.98. The summed E-state index contributed by atoms with van der Waals surface area (Å²) in [5.41, 5.74) is 4.49. The maximum atomic E-state index is 12.2. The van der Waals surface area contributed by atoms with Crippen LogP contribution in [-0.4, -0.2) is 41.8 Å². The average molecular weight is 396 g/mol. The number of carboxylic acid groups (broad SMARTS) is 1. The van der Waals surface area contributed by atoms with E-state index in [0.717, 1.165) is 22.3 Å². The first-order valence-electron chi connectivity index (χ1n) is 9.50. The van der Waals surface area contributed by atoms with Crippen molar-refractivity contribution < 1.29 is 24.2 Å². The molecule has 7 nitrogen and oxygen atoms in total. The van der Waals surface area contributed by atoms with Gasteiger partial charge in [-0.15, -0.1) is 0 Å². The molecule has 2 aromatic rings. The van der Waals surface area contributed by atoms with E-state index in [1.54, 1.807) is 6.92 Å². The average Bonchev–Trinajstić information content (AvgIpc) is 2.99. The van der Waals surface area contributed by atoms with E-state index in [1.807, 2.05) is 36.4 Å². The molecule has 0 saturated carbocycles. The highest BCUT2D eigenvalue weighted by Gasteiger charge is 2.29. The summed E-state index contributed by atoms with van der Waals surface area (Å²) in [4.78, 5) is 35.0. The molecule has 0 radical (unpaired) electrons. The molecule has 0 fully saturated rings. The first kappa shape index (κ1) is 20.4. The zero-order valence-corrected chi connectivity index (χ0v) is 16.3. The second kappa shape index (κ2) is 8.77. The van der Waals surface area contributed by atoms with Crippen LogP contribution in [0.15, 0.2) is 48.5 Å². The summed E-state index contributed by atoms with van der Waals surface area (Å²) in [5.74, 6) is -1.53. The molecule has 0 saturated heterocycles. The van der Waals surface area contributed by atoms with Crippen molar-refractivity contribution in [2.45, 2.75) is 38.3 Å². The van der Waals surface area contributed by atoms with Crippen LogP contribution in [0.4, 0.5) is 4.79 Å². The Labute approximate surface area is 169 Å². The van der Waals surface area contributed by atoms with Crippen molar-refractivity contribution in [3.63, 3.8) is 0 Å². The van der Waals surface area contributed by atoms with Crippen LogP contribution in [0.3, 0.4) is 0 Å². The second-order valence-corrected chi connectivity index (χ2v) is 7.20. The normalized spacial score (nSPS) is 14.3. The predicted molar refractivity (Wildman–Crippen MR) is 108 cm³/mol. The molecule has 0 aromatic heterocycles. The van der Waals surface area contributed by atoms with Gasteiger partial charge in [-0.1, -0.05) is 48.5 Å². The van der Waals surface area contributed by atoms with E-state index in [2.05, 4.69) is 22.8 Å². The number of alkyl carbamates (subject to hydrolysis) is 1. The van der Waals surface area contributed by atoms with E-state index in [9.17, 15) is 14.4 Å². The molecule has 2 amide bonds. The zero-order valence-electron chi connectivity index (χ0n) is 16.3. The van der Waals surface area contributed by atoms with Gasteiger partial charge in [-0.05, 0) is 36.1 Å². The zero-order chi connectivity index (χ0) is 21.0. The Kier molecular flexibility index (Phi) is 6.16. The number of ether oxygens (including phenoxy) is 1. The Morgan fingerprint density at radius 1 is 0.966 bits per heavy atom. The van der Waals surface area contributed by atoms with E-state index in [0.29, 0.717) is 0 Å². The summed E-state index contributed by atoms with van der Waals surface area (Å²) in [6.07, 6.45) is -0.885. The fraction of sp³-hybridized carbons (Fsp3) is 0.318. The Balaban J connectivity index is 1.57. The molecule has 0 heterocycles. The SMILES string of the molecule is CC(CC(=O)O)NC(=O)[C@H](C)NC(=O)OCC1c2ccccc2-c2ccccc21. The van der Waals surface area contributed by atoms with Gasteiger partial charge < -0.3 is 20.5 Å². The number of carbonyl (C=O) groups is 3. The number of nitrogens with one attached hydrogen (secondary N) is 2. The molecule has 1 aliphatic rings. The third-order valence-electron chi connectivity index (χ3n) is 4.94. The number of amides is 2. The molecule has 0 bridgehead atoms. The Morgan fingerprint density at radius 3 is 2.07 bits per heavy atom. The molecule has 3 N–H and O–H groups in total. The molecule has 0 aliphatic heterocycles. The number of rotatable bonds is 7. The van der Waals surface area contributed by atoms with Crippen LogP contribution in [0.1, 0.15) is 37.3 Å². The minimum Gasteiger partial charge on any atom is -0.481 e. The Morgan fingerprint density at radius 2 is 1.52 bits per heavy atom. The Bertz CT molecular complexity index is 881. The molecule has 1 unspecified atom stereocenters. The topological polar surface area (TPSA) is 105 Å². The standard InChI is InChI=1S/C22H24N2O5/c1-13(11-20(25)26)23-21(27)14(2)24-22(28)29-12-19-17-9-5-3-7-15(17)16-8-4-6-10-18(16)19/h3-10,13-14,19H,11-12H2,1-2H3,(H,23,27)(H,24,28)(H,25,26)/t13?,14-/m0/s1. The molecule has 2 atom stereocenters. The molecular weight excluding hydrogens is 372 g/mol. The smallest absolute Gasteiger partial charge is 0.407 e. The van der Waals surface area contributed by atoms with Crippen LogP contribution in [0.5, 0.6) is 0 Å². The Hall–Kier alpha value is -3.35. The molecule has 0 spiro atoms. The summed E-state index contributed by atoms with van der Waals surface area (Å²) in [5, 5.41) is 13.8. The number of fused-ring (bicyclic) bond motifs is 3. The van der Waals surface area contributed by atoms with E-state index in [1.165, 1.54) is 6.92 Å². The van der Waals surface area contributed by atoms with Crippen molar-refractivity contribution in [2.24, 2.45) is 0 Å². The van der Waals surface area contributed by atoms with Gasteiger partial charge in [-0.3, -0.25) is 9.59 Å². The van der Waals surface area contributed by atoms with Gasteiger partial charge in [0.25, 0.3) is 0 Å². The van der Waals surface area contributed by atoms with Gasteiger partial charge in [0, 0.05) is 12.0 Å². The number of benzene rings is 2. The molecule has 1 aliphatic carbocycles. The molecular formula is C22H24N2O5. The van der Waals surface area contributed by atoms with E-state index < -0.39 is 30.1 Å². The van der Waals surface area contributed by atoms with Crippen molar-refractivity contribution >= 4 is 18.0 Å². The van der Waals surface area contributed by atoms with E-state index in [4.69, 9.17) is 9.84 Å². The van der Waals surface area contributed by atoms with Crippen LogP contribution in [0, 0.1) is 0 Å². The van der Waals surface area contributed by atoms with Crippen molar-refractivity contribution in [3.8, 4) is 11.1 Å². The number of carbonyl (C=O) groups excluding carboxylic acids is 2. The summed E-state index contributed by atoms with van der Waals surface area (Å²) in [6.45, 7) is 3.26. The fourth-order valence-corrected chi connectivity index (χ4v) is 3.56. The molecule has 29 heavy (non-hydrogen) atoms. The minimum absolute atomic E-state index is 0.0622. The maximum Gasteiger partial charge on any atom is 0.407 e. The van der Waals surface area contributed by atoms with Crippen LogP contribution in [0.2, 0.25) is 0 Å². The van der Waals surface area contributed by atoms with Gasteiger partial charge in [0.1, 0.15) is 12.6 Å². The summed E-state index contributed by atoms with van der Waals surface area (Å²) in [7, 11) is 0. The lowest BCUT2D eigenvalue weighted by molar-refractivity contribution is -0.137. The molecule has 2 aromatic carbocycles. The van der Waals surface area contributed by atoms with Gasteiger partial charge in [0.15, 0.2) is 0 Å². The quantitative estimate of drug-likeness (QED) is 0.667. The number of hydrogen-bond acceptors (Lipinski definition) is 4. The van der Waals surface area contributed by atoms with Crippen LogP contribution in [-0.2, 0) is 14.3 Å². The number of hydrogen-bond donors (Lipinski definition) is 3. The van der Waals surface area contributed by atoms with Gasteiger partial charge in [-0.2, -0.15) is 0 Å². The van der Waals surface area contributed by atoms with Gasteiger partial charge in [-0.25, -0.2) is 4.79 Å². The maximum absolute atomic E-state index is 12.2. The van der Waals surface area contributed by atoms with Crippen molar-refractivity contribution in [1.82, 2.24) is 10.6 Å². The predicted octanol–water partition coefficient (Wildman–Crippen LogP) is 2.89. The molecule has 7 heteroatoms. The van der Waals surface area contributed by atoms with Crippen LogP contribution < -0.4 is 10.6 Å². The number of aliphatic carboxylic acids is 1. The van der Waals surface area contributed by atoms with Gasteiger partial charge in [0.05, 0.1) is 6.42 Å². The van der Waals surface area contributed by atoms with Gasteiger partial charge >= 0.3 is 12.1 Å². The minimum atomic E-state index is -1.00. The largest absolute Gasteiger partial charge is 0.481 e. The first-order chi connectivity index (χ1) is 13.9. The van der Waals surface area contributed by atoms with Crippen LogP contribution in [0.25, 0.3) is 11.1 Å². The number of carboxylic acids is 1. The lowest BCUT2D eigenvalue weighted by Gasteiger charge is -2.18. The summed E-state index contributed by atoms with van der Waals surface area (Å²) >= 11 is 0. The van der Waals surface area contributed by atoms with E-state index >= 15 is 0 Å². The highest BCUT2D eigenvalue weighted by atomic mass is 16.5. The highest BCUT2D eigenvalue weighted by molar-refractivity contribution is 5.86. The van der Waals surface area contributed by atoms with E-state index in [-0.39, 0.29) is 18.9 Å². The summed E-state index contributed by atoms with van der Waals surface area (Å²) in [6, 6.07) is 14.7. The second-order valence-electron chi connectivity index (χ2n) is 7.20. The highest BCUT2D eigenvalue weighted by Crippen LogP contribution is 2.44. The fourth-order valence-electron chi connectivity index (χ4n) is 3.56. The summed E-state index contributed by atoms with van der Waals surface area (Å²) < 4.78 is 5.41. The van der Waals surface area contributed by atoms with Crippen molar-refractivity contribution in [1.29, 1.82) is 0 Å². The van der Waals surface area contributed by atoms with Crippen molar-refractivity contribution in [2.75, 3.05) is 6.61 Å². The lowest BCUT2D eigenvalue weighted by Crippen LogP contribution is -2.48. The molecule has 152 valence electrons. The first-order valence-corrected chi connectivity index (χ1v) is 9.50. The molecule has 3 rings (SSSR count). The third kappa shape index (κ3) is 4.74. The van der Waals surface area contributed by atoms with Crippen LogP contribution >= 0.6 is 0 Å². The third-order valence-corrected chi connectivity index (χ3v) is 4.94. The monoisotopic (exact) mass is 396 g/mol. The van der Waals surface area contributed by atoms with Crippen molar-refractivity contribution in [3.05, 3.63) is 59.7 Å². The van der Waals surface area contributed by atoms with Gasteiger partial charge in [0.2, 0.25) is 5.91 Å².